The first-order valence-corrected chi connectivity index (χ1v) is 9.76. The predicted octanol–water partition coefficient (Wildman–Crippen LogP) is 3.20. The van der Waals surface area contributed by atoms with Gasteiger partial charge in [-0.05, 0) is 42.7 Å². The van der Waals surface area contributed by atoms with E-state index < -0.39 is 0 Å². The van der Waals surface area contributed by atoms with Gasteiger partial charge in [0.05, 0.1) is 12.2 Å². The second-order valence-corrected chi connectivity index (χ2v) is 7.35. The van der Waals surface area contributed by atoms with Crippen LogP contribution in [0.1, 0.15) is 34.9 Å². The van der Waals surface area contributed by atoms with Crippen LogP contribution in [0.15, 0.2) is 55.0 Å². The first-order valence-electron chi connectivity index (χ1n) is 9.76. The number of amides is 1. The third-order valence-corrected chi connectivity index (χ3v) is 5.33. The molecule has 0 aliphatic carbocycles. The van der Waals surface area contributed by atoms with E-state index in [9.17, 15) is 9.18 Å². The Hall–Kier alpha value is -3.75. The smallest absolute Gasteiger partial charge is 0.276 e. The molecule has 0 radical (unpaired) electrons. The fourth-order valence-electron chi connectivity index (χ4n) is 3.93. The van der Waals surface area contributed by atoms with Crippen LogP contribution in [-0.2, 0) is 7.05 Å². The molecule has 152 valence electrons. The summed E-state index contributed by atoms with van der Waals surface area (Å²) in [6.07, 6.45) is 7.02. The molecule has 0 bridgehead atoms. The number of carbonyl (C=O) groups is 1. The van der Waals surface area contributed by atoms with Gasteiger partial charge >= 0.3 is 0 Å². The third kappa shape index (κ3) is 3.28. The largest absolute Gasteiger partial charge is 0.349 e. The highest BCUT2D eigenvalue weighted by atomic mass is 19.1. The summed E-state index contributed by atoms with van der Waals surface area (Å²) in [5.74, 6) is 0.206. The van der Waals surface area contributed by atoms with Gasteiger partial charge in [0.25, 0.3) is 5.91 Å². The first-order chi connectivity index (χ1) is 14.6. The third-order valence-electron chi connectivity index (χ3n) is 5.33. The number of hydrogen-bond acceptors (Lipinski definition) is 5. The summed E-state index contributed by atoms with van der Waals surface area (Å²) in [5.41, 5.74) is 2.31. The predicted molar refractivity (Wildman–Crippen MR) is 110 cm³/mol. The summed E-state index contributed by atoms with van der Waals surface area (Å²) < 4.78 is 16.9. The van der Waals surface area contributed by atoms with Crippen LogP contribution < -0.4 is 10.2 Å². The van der Waals surface area contributed by atoms with E-state index in [1.807, 2.05) is 18.3 Å². The Kier molecular flexibility index (Phi) is 4.42. The van der Waals surface area contributed by atoms with Crippen LogP contribution in [0.4, 0.5) is 15.9 Å². The Morgan fingerprint density at radius 1 is 1.23 bits per heavy atom. The molecule has 4 aromatic rings. The van der Waals surface area contributed by atoms with Crippen LogP contribution in [0.25, 0.3) is 5.65 Å². The Morgan fingerprint density at radius 3 is 2.93 bits per heavy atom. The van der Waals surface area contributed by atoms with E-state index in [2.05, 4.69) is 20.4 Å². The standard InChI is InChI=1S/C21H20FN7O/c1-27-10-7-16(26-27)21(30)24-17-13-23-29-11-8-19(25-20(17)29)28-9-3-6-18(28)14-4-2-5-15(22)12-14/h2,4-5,7-8,10-13,18H,3,6,9H2,1H3,(H,24,30). The van der Waals surface area contributed by atoms with Gasteiger partial charge in [-0.25, -0.2) is 13.9 Å². The van der Waals surface area contributed by atoms with Gasteiger partial charge < -0.3 is 10.2 Å². The molecule has 1 fully saturated rings. The van der Waals surface area contributed by atoms with Crippen molar-refractivity contribution >= 4 is 23.1 Å². The summed E-state index contributed by atoms with van der Waals surface area (Å²) in [4.78, 5) is 19.4. The molecule has 1 unspecified atom stereocenters. The van der Waals surface area contributed by atoms with Crippen molar-refractivity contribution in [2.75, 3.05) is 16.8 Å². The molecule has 5 rings (SSSR count). The van der Waals surface area contributed by atoms with Gasteiger partial charge in [0.15, 0.2) is 11.3 Å². The van der Waals surface area contributed by atoms with E-state index in [0.717, 1.165) is 30.8 Å². The molecule has 0 spiro atoms. The first kappa shape index (κ1) is 18.3. The van der Waals surface area contributed by atoms with Crippen molar-refractivity contribution < 1.29 is 9.18 Å². The quantitative estimate of drug-likeness (QED) is 0.564. The second kappa shape index (κ2) is 7.25. The van der Waals surface area contributed by atoms with Gasteiger partial charge in [-0.1, -0.05) is 12.1 Å². The van der Waals surface area contributed by atoms with Crippen molar-refractivity contribution in [2.45, 2.75) is 18.9 Å². The van der Waals surface area contributed by atoms with Crippen LogP contribution >= 0.6 is 0 Å². The number of fused-ring (bicyclic) bond motifs is 1. The summed E-state index contributed by atoms with van der Waals surface area (Å²) in [7, 11) is 1.75. The normalized spacial score (nSPS) is 16.3. The van der Waals surface area contributed by atoms with Crippen LogP contribution in [-0.4, -0.2) is 36.8 Å². The fourth-order valence-corrected chi connectivity index (χ4v) is 3.93. The molecule has 8 nitrogen and oxygen atoms in total. The highest BCUT2D eigenvalue weighted by molar-refractivity contribution is 6.04. The van der Waals surface area contributed by atoms with Gasteiger partial charge in [-0.15, -0.1) is 0 Å². The number of benzene rings is 1. The number of nitrogens with one attached hydrogen (secondary N) is 1. The Balaban J connectivity index is 1.46. The topological polar surface area (TPSA) is 80.4 Å². The van der Waals surface area contributed by atoms with Gasteiger partial charge in [0, 0.05) is 26.0 Å². The van der Waals surface area contributed by atoms with Crippen LogP contribution in [0.2, 0.25) is 0 Å². The number of aryl methyl sites for hydroxylation is 1. The minimum atomic E-state index is -0.323. The minimum absolute atomic E-state index is 0.0603. The number of aromatic nitrogens is 5. The Bertz CT molecular complexity index is 1230. The van der Waals surface area contributed by atoms with Crippen molar-refractivity contribution in [2.24, 2.45) is 7.05 Å². The number of anilines is 2. The van der Waals surface area contributed by atoms with Gasteiger partial charge in [0.1, 0.15) is 17.3 Å². The molecule has 0 saturated carbocycles. The molecule has 1 aliphatic heterocycles. The number of nitrogens with zero attached hydrogens (tertiary/aromatic N) is 6. The van der Waals surface area contributed by atoms with Gasteiger partial charge in [0.2, 0.25) is 0 Å². The SMILES string of the molecule is Cn1ccc(C(=O)Nc2cnn3ccc(N4CCCC4c4cccc(F)c4)nc23)n1. The van der Waals surface area contributed by atoms with Crippen molar-refractivity contribution in [1.29, 1.82) is 0 Å². The average Bonchev–Trinajstić information content (AvgIpc) is 3.47. The summed E-state index contributed by atoms with van der Waals surface area (Å²) >= 11 is 0. The van der Waals surface area contributed by atoms with E-state index in [1.165, 1.54) is 6.07 Å². The maximum atomic E-state index is 13.7. The highest BCUT2D eigenvalue weighted by Gasteiger charge is 2.28. The lowest BCUT2D eigenvalue weighted by atomic mass is 10.0. The molecule has 1 N–H and O–H groups in total. The van der Waals surface area contributed by atoms with E-state index in [0.29, 0.717) is 17.0 Å². The maximum absolute atomic E-state index is 13.7. The van der Waals surface area contributed by atoms with E-state index in [-0.39, 0.29) is 17.8 Å². The van der Waals surface area contributed by atoms with Crippen molar-refractivity contribution in [3.63, 3.8) is 0 Å². The Labute approximate surface area is 171 Å². The molecule has 30 heavy (non-hydrogen) atoms. The molecule has 1 aromatic carbocycles. The summed E-state index contributed by atoms with van der Waals surface area (Å²) in [6, 6.07) is 10.3. The molecule has 1 saturated heterocycles. The second-order valence-electron chi connectivity index (χ2n) is 7.35. The van der Waals surface area contributed by atoms with E-state index >= 15 is 0 Å². The number of carbonyl (C=O) groups excluding carboxylic acids is 1. The van der Waals surface area contributed by atoms with Crippen molar-refractivity contribution in [3.8, 4) is 0 Å². The van der Waals surface area contributed by atoms with Gasteiger partial charge in [-0.3, -0.25) is 9.48 Å². The molecule has 4 heterocycles. The molecular formula is C21H20FN7O. The molecule has 1 amide bonds. The molecule has 3 aromatic heterocycles. The molecule has 1 atom stereocenters. The molecule has 9 heteroatoms. The lowest BCUT2D eigenvalue weighted by Crippen LogP contribution is -2.24. The Morgan fingerprint density at radius 2 is 2.13 bits per heavy atom. The maximum Gasteiger partial charge on any atom is 0.276 e. The number of hydrogen-bond donors (Lipinski definition) is 1. The molecular weight excluding hydrogens is 385 g/mol. The monoisotopic (exact) mass is 405 g/mol. The van der Waals surface area contributed by atoms with Crippen LogP contribution in [0.3, 0.4) is 0 Å². The zero-order chi connectivity index (χ0) is 20.7. The van der Waals surface area contributed by atoms with E-state index in [4.69, 9.17) is 4.98 Å². The highest BCUT2D eigenvalue weighted by Crippen LogP contribution is 2.35. The van der Waals surface area contributed by atoms with Crippen LogP contribution in [0.5, 0.6) is 0 Å². The summed E-state index contributed by atoms with van der Waals surface area (Å²) in [6.45, 7) is 0.827. The van der Waals surface area contributed by atoms with Gasteiger partial charge in [-0.2, -0.15) is 10.2 Å². The zero-order valence-electron chi connectivity index (χ0n) is 16.4. The zero-order valence-corrected chi connectivity index (χ0v) is 16.4. The number of halogens is 1. The van der Waals surface area contributed by atoms with E-state index in [1.54, 1.807) is 46.8 Å². The molecule has 1 aliphatic rings. The summed E-state index contributed by atoms with van der Waals surface area (Å²) in [5, 5.41) is 11.2. The van der Waals surface area contributed by atoms with Crippen molar-refractivity contribution in [1.82, 2.24) is 24.4 Å². The van der Waals surface area contributed by atoms with Crippen molar-refractivity contribution in [3.05, 3.63) is 72.1 Å². The fraction of sp³-hybridized carbons (Fsp3) is 0.238. The minimum Gasteiger partial charge on any atom is -0.349 e. The lowest BCUT2D eigenvalue weighted by Gasteiger charge is -2.26. The van der Waals surface area contributed by atoms with Crippen LogP contribution in [0, 0.1) is 5.82 Å². The average molecular weight is 405 g/mol. The lowest BCUT2D eigenvalue weighted by molar-refractivity contribution is 0.102. The number of rotatable bonds is 4.